The van der Waals surface area contributed by atoms with Crippen LogP contribution in [0, 0.1) is 47.2 Å². The minimum atomic E-state index is -1.80. The second-order valence-electron chi connectivity index (χ2n) is 5.29. The van der Waals surface area contributed by atoms with Crippen LogP contribution in [0.25, 0.3) is 0 Å². The molecule has 2 rings (SSSR count). The minimum Gasteiger partial charge on any atom is -0.477 e. The van der Waals surface area contributed by atoms with Crippen LogP contribution in [-0.2, 0) is 4.79 Å². The van der Waals surface area contributed by atoms with Crippen molar-refractivity contribution in [2.45, 2.75) is 13.8 Å². The van der Waals surface area contributed by atoms with Gasteiger partial charge in [-0.1, -0.05) is 6.07 Å². The molecule has 0 aliphatic carbocycles. The zero-order valence-electron chi connectivity index (χ0n) is 13.5. The Labute approximate surface area is 144 Å². The molecule has 2 aromatic carbocycles. The summed E-state index contributed by atoms with van der Waals surface area (Å²) >= 11 is 0. The SMILES string of the molecule is Cc1ccc([N+](=O)[O-])c(NC(=O)COc2c(F)c(F)cc(F)c2F)c1C. The molecule has 0 aliphatic heterocycles. The summed E-state index contributed by atoms with van der Waals surface area (Å²) in [6.07, 6.45) is 0. The summed E-state index contributed by atoms with van der Waals surface area (Å²) in [6.45, 7) is 2.16. The third-order valence-electron chi connectivity index (χ3n) is 3.59. The lowest BCUT2D eigenvalue weighted by atomic mass is 10.1. The molecule has 0 aliphatic rings. The molecule has 138 valence electrons. The first-order valence-corrected chi connectivity index (χ1v) is 7.13. The predicted molar refractivity (Wildman–Crippen MR) is 83.0 cm³/mol. The maximum absolute atomic E-state index is 13.5. The number of anilines is 1. The van der Waals surface area contributed by atoms with E-state index in [9.17, 15) is 32.5 Å². The molecule has 0 atom stereocenters. The Bertz CT molecular complexity index is 876. The topological polar surface area (TPSA) is 81.5 Å². The summed E-state index contributed by atoms with van der Waals surface area (Å²) in [7, 11) is 0. The van der Waals surface area contributed by atoms with Crippen LogP contribution in [0.2, 0.25) is 0 Å². The fraction of sp³-hybridized carbons (Fsp3) is 0.188. The fourth-order valence-electron chi connectivity index (χ4n) is 2.10. The normalized spacial score (nSPS) is 10.5. The van der Waals surface area contributed by atoms with Crippen molar-refractivity contribution >= 4 is 17.3 Å². The standard InChI is InChI=1S/C16H12F4N2O4/c1-7-3-4-11(22(24)25)15(8(7)2)21-12(23)6-26-16-13(19)9(17)5-10(18)14(16)20/h3-5H,6H2,1-2H3,(H,21,23). The van der Waals surface area contributed by atoms with Gasteiger partial charge < -0.3 is 10.1 Å². The van der Waals surface area contributed by atoms with Crippen molar-refractivity contribution in [1.82, 2.24) is 0 Å². The van der Waals surface area contributed by atoms with Gasteiger partial charge in [-0.25, -0.2) is 8.78 Å². The smallest absolute Gasteiger partial charge is 0.293 e. The monoisotopic (exact) mass is 372 g/mol. The van der Waals surface area contributed by atoms with Gasteiger partial charge in [0.1, 0.15) is 5.69 Å². The number of amides is 1. The van der Waals surface area contributed by atoms with Crippen LogP contribution in [0.1, 0.15) is 11.1 Å². The number of hydrogen-bond donors (Lipinski definition) is 1. The van der Waals surface area contributed by atoms with Crippen molar-refractivity contribution in [1.29, 1.82) is 0 Å². The van der Waals surface area contributed by atoms with Gasteiger partial charge >= 0.3 is 0 Å². The molecule has 0 heterocycles. The quantitative estimate of drug-likeness (QED) is 0.375. The molecule has 1 amide bonds. The van der Waals surface area contributed by atoms with E-state index >= 15 is 0 Å². The number of aryl methyl sites for hydroxylation is 1. The van der Waals surface area contributed by atoms with Gasteiger partial charge in [0.2, 0.25) is 11.6 Å². The number of halogens is 4. The number of nitrogens with one attached hydrogen (secondary N) is 1. The highest BCUT2D eigenvalue weighted by atomic mass is 19.2. The number of hydrogen-bond acceptors (Lipinski definition) is 4. The van der Waals surface area contributed by atoms with E-state index in [1.807, 2.05) is 0 Å². The van der Waals surface area contributed by atoms with E-state index < -0.39 is 52.1 Å². The van der Waals surface area contributed by atoms with Crippen molar-refractivity contribution in [2.75, 3.05) is 11.9 Å². The average molecular weight is 372 g/mol. The molecule has 0 unspecified atom stereocenters. The highest BCUT2D eigenvalue weighted by Crippen LogP contribution is 2.30. The number of carbonyl (C=O) groups excluding carboxylic acids is 1. The van der Waals surface area contributed by atoms with E-state index in [1.165, 1.54) is 19.1 Å². The number of carbonyl (C=O) groups is 1. The van der Waals surface area contributed by atoms with E-state index in [0.717, 1.165) is 0 Å². The van der Waals surface area contributed by atoms with Gasteiger partial charge in [-0.2, -0.15) is 8.78 Å². The van der Waals surface area contributed by atoms with E-state index in [0.29, 0.717) is 11.1 Å². The second kappa shape index (κ2) is 7.38. The minimum absolute atomic E-state index is 0.00291. The second-order valence-corrected chi connectivity index (χ2v) is 5.29. The number of ether oxygens (including phenoxy) is 1. The molecule has 0 spiro atoms. The lowest BCUT2D eigenvalue weighted by Gasteiger charge is -2.12. The first-order chi connectivity index (χ1) is 12.1. The van der Waals surface area contributed by atoms with Crippen molar-refractivity contribution in [3.8, 4) is 5.75 Å². The molecular formula is C16H12F4N2O4. The third kappa shape index (κ3) is 3.73. The molecule has 0 saturated heterocycles. The van der Waals surface area contributed by atoms with Crippen LogP contribution in [0.15, 0.2) is 18.2 Å². The zero-order valence-corrected chi connectivity index (χ0v) is 13.5. The molecule has 10 heteroatoms. The Balaban J connectivity index is 2.22. The highest BCUT2D eigenvalue weighted by Gasteiger charge is 2.23. The molecule has 0 saturated carbocycles. The number of rotatable bonds is 5. The Morgan fingerprint density at radius 1 is 1.15 bits per heavy atom. The molecule has 6 nitrogen and oxygen atoms in total. The maximum Gasteiger partial charge on any atom is 0.293 e. The summed E-state index contributed by atoms with van der Waals surface area (Å²) in [5, 5.41) is 13.3. The molecule has 1 N–H and O–H groups in total. The Morgan fingerprint density at radius 3 is 2.27 bits per heavy atom. The lowest BCUT2D eigenvalue weighted by Crippen LogP contribution is -2.22. The van der Waals surface area contributed by atoms with Crippen LogP contribution >= 0.6 is 0 Å². The number of nitro groups is 1. The van der Waals surface area contributed by atoms with Gasteiger partial charge in [0, 0.05) is 12.1 Å². The number of nitrogens with zero attached hydrogens (tertiary/aromatic N) is 1. The predicted octanol–water partition coefficient (Wildman–Crippen LogP) is 3.79. The van der Waals surface area contributed by atoms with Gasteiger partial charge in [-0.15, -0.1) is 0 Å². The summed E-state index contributed by atoms with van der Waals surface area (Å²) < 4.78 is 57.7. The molecule has 2 aromatic rings. The van der Waals surface area contributed by atoms with Crippen molar-refractivity contribution < 1.29 is 32.0 Å². The summed E-state index contributed by atoms with van der Waals surface area (Å²) in [5.41, 5.74) is 0.545. The van der Waals surface area contributed by atoms with E-state index in [2.05, 4.69) is 10.1 Å². The highest BCUT2D eigenvalue weighted by molar-refractivity contribution is 5.95. The van der Waals surface area contributed by atoms with Gasteiger partial charge in [-0.05, 0) is 25.0 Å². The Kier molecular flexibility index (Phi) is 5.44. The van der Waals surface area contributed by atoms with Gasteiger partial charge in [0.25, 0.3) is 11.6 Å². The molecular weight excluding hydrogens is 360 g/mol. The van der Waals surface area contributed by atoms with Crippen LogP contribution < -0.4 is 10.1 Å². The molecule has 0 bridgehead atoms. The van der Waals surface area contributed by atoms with Gasteiger partial charge in [-0.3, -0.25) is 14.9 Å². The van der Waals surface area contributed by atoms with Crippen LogP contribution in [0.4, 0.5) is 28.9 Å². The summed E-state index contributed by atoms with van der Waals surface area (Å²) in [5.74, 6) is -9.38. The van der Waals surface area contributed by atoms with Crippen LogP contribution in [0.3, 0.4) is 0 Å². The largest absolute Gasteiger partial charge is 0.477 e. The first kappa shape index (κ1) is 19.2. The molecule has 0 fully saturated rings. The number of nitro benzene ring substituents is 1. The summed E-state index contributed by atoms with van der Waals surface area (Å²) in [6, 6.07) is 2.66. The molecule has 26 heavy (non-hydrogen) atoms. The van der Waals surface area contributed by atoms with E-state index in [-0.39, 0.29) is 11.8 Å². The summed E-state index contributed by atoms with van der Waals surface area (Å²) in [4.78, 5) is 22.3. The van der Waals surface area contributed by atoms with Crippen LogP contribution in [0.5, 0.6) is 5.75 Å². The van der Waals surface area contributed by atoms with E-state index in [4.69, 9.17) is 0 Å². The molecule has 0 radical (unpaired) electrons. The maximum atomic E-state index is 13.5. The van der Waals surface area contributed by atoms with Gasteiger partial charge in [0.15, 0.2) is 24.0 Å². The van der Waals surface area contributed by atoms with Crippen molar-refractivity contribution in [2.24, 2.45) is 0 Å². The molecule has 0 aromatic heterocycles. The Hall–Kier alpha value is -3.17. The van der Waals surface area contributed by atoms with Gasteiger partial charge in [0.05, 0.1) is 4.92 Å². The first-order valence-electron chi connectivity index (χ1n) is 7.13. The van der Waals surface area contributed by atoms with Crippen molar-refractivity contribution in [3.63, 3.8) is 0 Å². The Morgan fingerprint density at radius 2 is 1.73 bits per heavy atom. The average Bonchev–Trinajstić information content (AvgIpc) is 2.57. The zero-order chi connectivity index (χ0) is 19.6. The van der Waals surface area contributed by atoms with Crippen LogP contribution in [-0.4, -0.2) is 17.4 Å². The van der Waals surface area contributed by atoms with E-state index in [1.54, 1.807) is 6.92 Å². The fourth-order valence-corrected chi connectivity index (χ4v) is 2.10. The van der Waals surface area contributed by atoms with Crippen molar-refractivity contribution in [3.05, 3.63) is 62.7 Å². The number of benzene rings is 2. The lowest BCUT2D eigenvalue weighted by molar-refractivity contribution is -0.384. The third-order valence-corrected chi connectivity index (χ3v) is 3.59.